The minimum atomic E-state index is 0.353. The molecule has 0 aromatic heterocycles. The molecule has 0 fully saturated rings. The SMILES string of the molecule is CCNC(CC)c1c(C)c(Br)cc(C)c1OC. The van der Waals surface area contributed by atoms with Crippen LogP contribution in [0.3, 0.4) is 0 Å². The molecule has 1 unspecified atom stereocenters. The highest BCUT2D eigenvalue weighted by atomic mass is 79.9. The van der Waals surface area contributed by atoms with Gasteiger partial charge in [0.05, 0.1) is 7.11 Å². The largest absolute Gasteiger partial charge is 0.496 e. The molecule has 0 radical (unpaired) electrons. The number of methoxy groups -OCH3 is 1. The number of halogens is 1. The van der Waals surface area contributed by atoms with E-state index < -0.39 is 0 Å². The third-order valence-electron chi connectivity index (χ3n) is 3.12. The zero-order valence-corrected chi connectivity index (χ0v) is 12.9. The van der Waals surface area contributed by atoms with Gasteiger partial charge >= 0.3 is 0 Å². The lowest BCUT2D eigenvalue weighted by molar-refractivity contribution is 0.394. The molecule has 1 rings (SSSR count). The molecular weight excluding hydrogens is 278 g/mol. The lowest BCUT2D eigenvalue weighted by Gasteiger charge is -2.23. The number of nitrogens with one attached hydrogen (secondary N) is 1. The number of ether oxygens (including phenoxy) is 1. The van der Waals surface area contributed by atoms with Crippen LogP contribution in [-0.2, 0) is 0 Å². The van der Waals surface area contributed by atoms with Crippen molar-refractivity contribution in [1.29, 1.82) is 0 Å². The molecule has 96 valence electrons. The summed E-state index contributed by atoms with van der Waals surface area (Å²) in [6.07, 6.45) is 1.06. The minimum absolute atomic E-state index is 0.353. The number of benzene rings is 1. The molecule has 1 aromatic rings. The van der Waals surface area contributed by atoms with Gasteiger partial charge < -0.3 is 10.1 Å². The van der Waals surface area contributed by atoms with E-state index in [0.29, 0.717) is 6.04 Å². The fourth-order valence-electron chi connectivity index (χ4n) is 2.26. The van der Waals surface area contributed by atoms with Gasteiger partial charge in [-0.05, 0) is 44.0 Å². The summed E-state index contributed by atoms with van der Waals surface area (Å²) < 4.78 is 6.74. The van der Waals surface area contributed by atoms with Crippen LogP contribution in [0.25, 0.3) is 0 Å². The van der Waals surface area contributed by atoms with Gasteiger partial charge in [0.1, 0.15) is 5.75 Å². The molecule has 3 heteroatoms. The summed E-state index contributed by atoms with van der Waals surface area (Å²) in [4.78, 5) is 0. The van der Waals surface area contributed by atoms with E-state index in [9.17, 15) is 0 Å². The van der Waals surface area contributed by atoms with E-state index in [0.717, 1.165) is 23.2 Å². The third kappa shape index (κ3) is 3.02. The van der Waals surface area contributed by atoms with Crippen molar-refractivity contribution in [3.8, 4) is 5.75 Å². The van der Waals surface area contributed by atoms with E-state index in [1.807, 2.05) is 0 Å². The first-order chi connectivity index (χ1) is 8.06. The second-order valence-electron chi connectivity index (χ2n) is 4.27. The zero-order valence-electron chi connectivity index (χ0n) is 11.4. The monoisotopic (exact) mass is 299 g/mol. The van der Waals surface area contributed by atoms with Crippen molar-refractivity contribution in [2.24, 2.45) is 0 Å². The number of rotatable bonds is 5. The fourth-order valence-corrected chi connectivity index (χ4v) is 2.82. The maximum absolute atomic E-state index is 5.58. The number of aryl methyl sites for hydroxylation is 1. The van der Waals surface area contributed by atoms with Crippen LogP contribution >= 0.6 is 15.9 Å². The first-order valence-corrected chi connectivity index (χ1v) is 6.93. The Balaban J connectivity index is 3.36. The molecule has 0 saturated heterocycles. The maximum atomic E-state index is 5.58. The van der Waals surface area contributed by atoms with Crippen LogP contribution in [-0.4, -0.2) is 13.7 Å². The molecule has 17 heavy (non-hydrogen) atoms. The molecule has 0 aliphatic heterocycles. The highest BCUT2D eigenvalue weighted by molar-refractivity contribution is 9.10. The third-order valence-corrected chi connectivity index (χ3v) is 3.94. The van der Waals surface area contributed by atoms with Crippen molar-refractivity contribution < 1.29 is 4.74 Å². The lowest BCUT2D eigenvalue weighted by Crippen LogP contribution is -2.22. The summed E-state index contributed by atoms with van der Waals surface area (Å²) in [6.45, 7) is 9.52. The predicted molar refractivity (Wildman–Crippen MR) is 76.9 cm³/mol. The van der Waals surface area contributed by atoms with E-state index >= 15 is 0 Å². The van der Waals surface area contributed by atoms with E-state index in [1.54, 1.807) is 7.11 Å². The van der Waals surface area contributed by atoms with Crippen LogP contribution in [0.5, 0.6) is 5.75 Å². The van der Waals surface area contributed by atoms with Gasteiger partial charge in [0, 0.05) is 16.1 Å². The maximum Gasteiger partial charge on any atom is 0.126 e. The van der Waals surface area contributed by atoms with E-state index in [1.165, 1.54) is 16.7 Å². The van der Waals surface area contributed by atoms with Crippen LogP contribution < -0.4 is 10.1 Å². The Morgan fingerprint density at radius 1 is 1.35 bits per heavy atom. The van der Waals surface area contributed by atoms with E-state index in [-0.39, 0.29) is 0 Å². The average molecular weight is 300 g/mol. The summed E-state index contributed by atoms with van der Waals surface area (Å²) in [7, 11) is 1.75. The Kier molecular flexibility index (Phi) is 5.47. The van der Waals surface area contributed by atoms with Gasteiger partial charge in [0.15, 0.2) is 0 Å². The molecule has 0 spiro atoms. The molecule has 0 amide bonds. The second-order valence-corrected chi connectivity index (χ2v) is 5.12. The Morgan fingerprint density at radius 2 is 2.00 bits per heavy atom. The summed E-state index contributed by atoms with van der Waals surface area (Å²) in [5.74, 6) is 1.01. The Bertz CT molecular complexity index is 390. The van der Waals surface area contributed by atoms with Gasteiger partial charge in [-0.3, -0.25) is 0 Å². The standard InChI is InChI=1S/C14H22BrNO/c1-6-12(16-7-2)13-10(4)11(15)8-9(3)14(13)17-5/h8,12,16H,6-7H2,1-5H3. The second kappa shape index (κ2) is 6.41. The van der Waals surface area contributed by atoms with Crippen LogP contribution in [0.2, 0.25) is 0 Å². The quantitative estimate of drug-likeness (QED) is 0.882. The molecule has 2 nitrogen and oxygen atoms in total. The van der Waals surface area contributed by atoms with Crippen LogP contribution in [0.15, 0.2) is 10.5 Å². The molecule has 1 N–H and O–H groups in total. The van der Waals surface area contributed by atoms with Crippen molar-refractivity contribution >= 4 is 15.9 Å². The summed E-state index contributed by atoms with van der Waals surface area (Å²) in [6, 6.07) is 2.47. The number of hydrogen-bond acceptors (Lipinski definition) is 2. The van der Waals surface area contributed by atoms with Gasteiger partial charge in [-0.1, -0.05) is 29.8 Å². The molecule has 0 bridgehead atoms. The summed E-state index contributed by atoms with van der Waals surface area (Å²) in [5.41, 5.74) is 3.72. The molecule has 0 aliphatic rings. The highest BCUT2D eigenvalue weighted by Gasteiger charge is 2.19. The topological polar surface area (TPSA) is 21.3 Å². The summed E-state index contributed by atoms with van der Waals surface area (Å²) in [5, 5.41) is 3.52. The summed E-state index contributed by atoms with van der Waals surface area (Å²) >= 11 is 3.63. The molecule has 1 aromatic carbocycles. The zero-order chi connectivity index (χ0) is 13.0. The molecule has 0 saturated carbocycles. The molecular formula is C14H22BrNO. The van der Waals surface area contributed by atoms with E-state index in [4.69, 9.17) is 4.74 Å². The van der Waals surface area contributed by atoms with Gasteiger partial charge in [-0.25, -0.2) is 0 Å². The molecule has 0 aliphatic carbocycles. The van der Waals surface area contributed by atoms with Crippen LogP contribution in [0.1, 0.15) is 43.0 Å². The Morgan fingerprint density at radius 3 is 2.47 bits per heavy atom. The van der Waals surface area contributed by atoms with Crippen LogP contribution in [0.4, 0.5) is 0 Å². The first-order valence-electron chi connectivity index (χ1n) is 6.13. The van der Waals surface area contributed by atoms with Gasteiger partial charge in [-0.2, -0.15) is 0 Å². The normalized spacial score (nSPS) is 12.6. The van der Waals surface area contributed by atoms with Crippen molar-refractivity contribution in [3.05, 3.63) is 27.2 Å². The Hall–Kier alpha value is -0.540. The average Bonchev–Trinajstić information content (AvgIpc) is 2.31. The minimum Gasteiger partial charge on any atom is -0.496 e. The van der Waals surface area contributed by atoms with Crippen molar-refractivity contribution in [2.45, 2.75) is 40.2 Å². The fraction of sp³-hybridized carbons (Fsp3) is 0.571. The van der Waals surface area contributed by atoms with Crippen molar-refractivity contribution in [3.63, 3.8) is 0 Å². The lowest BCUT2D eigenvalue weighted by atomic mass is 9.95. The number of hydrogen-bond donors (Lipinski definition) is 1. The van der Waals surface area contributed by atoms with Gasteiger partial charge in [-0.15, -0.1) is 0 Å². The smallest absolute Gasteiger partial charge is 0.126 e. The highest BCUT2D eigenvalue weighted by Crippen LogP contribution is 2.37. The van der Waals surface area contributed by atoms with E-state index in [2.05, 4.69) is 55.0 Å². The van der Waals surface area contributed by atoms with Gasteiger partial charge in [0.2, 0.25) is 0 Å². The van der Waals surface area contributed by atoms with Gasteiger partial charge in [0.25, 0.3) is 0 Å². The molecule has 1 atom stereocenters. The van der Waals surface area contributed by atoms with Crippen LogP contribution in [0, 0.1) is 13.8 Å². The molecule has 0 heterocycles. The predicted octanol–water partition coefficient (Wildman–Crippen LogP) is 4.14. The first kappa shape index (κ1) is 14.5. The Labute approximate surface area is 113 Å². The van der Waals surface area contributed by atoms with Crippen molar-refractivity contribution in [2.75, 3.05) is 13.7 Å². The van der Waals surface area contributed by atoms with Crippen molar-refractivity contribution in [1.82, 2.24) is 5.32 Å².